The van der Waals surface area contributed by atoms with Crippen LogP contribution in [0.25, 0.3) is 0 Å². The first-order chi connectivity index (χ1) is 8.90. The molecule has 1 aromatic carbocycles. The number of carbonyl (C=O) groups excluding carboxylic acids is 1. The largest absolute Gasteiger partial charge is 0.399 e. The summed E-state index contributed by atoms with van der Waals surface area (Å²) in [6.07, 6.45) is 0.489. The van der Waals surface area contributed by atoms with Gasteiger partial charge in [-0.3, -0.25) is 4.79 Å². The molecule has 0 radical (unpaired) electrons. The molecular weight excluding hydrogens is 280 g/mol. The molecule has 0 aliphatic heterocycles. The fraction of sp³-hybridized carbons (Fsp3) is 0.500. The molecule has 0 aliphatic carbocycles. The molecule has 0 heterocycles. The summed E-state index contributed by atoms with van der Waals surface area (Å²) in [6.45, 7) is 6.56. The molecule has 0 aromatic heterocycles. The van der Waals surface area contributed by atoms with Gasteiger partial charge >= 0.3 is 0 Å². The summed E-state index contributed by atoms with van der Waals surface area (Å²) in [5.41, 5.74) is 6.80. The molecule has 0 aliphatic rings. The van der Waals surface area contributed by atoms with Crippen molar-refractivity contribution in [3.63, 3.8) is 0 Å². The van der Waals surface area contributed by atoms with Crippen LogP contribution in [0.2, 0.25) is 5.02 Å². The SMILES string of the molecule is CC(C)C(C)SCCC(=O)Nc1ccc(N)cc1Cl. The van der Waals surface area contributed by atoms with E-state index in [2.05, 4.69) is 26.1 Å². The number of hydrogen-bond acceptors (Lipinski definition) is 3. The third-order valence-electron chi connectivity index (χ3n) is 2.92. The first-order valence-corrected chi connectivity index (χ1v) is 7.79. The van der Waals surface area contributed by atoms with E-state index in [1.165, 1.54) is 0 Å². The number of nitrogens with two attached hydrogens (primary N) is 1. The van der Waals surface area contributed by atoms with Crippen molar-refractivity contribution in [1.29, 1.82) is 0 Å². The predicted molar refractivity (Wildman–Crippen MR) is 85.9 cm³/mol. The van der Waals surface area contributed by atoms with Gasteiger partial charge in [-0.2, -0.15) is 11.8 Å². The van der Waals surface area contributed by atoms with E-state index in [1.807, 2.05) is 11.8 Å². The molecule has 1 amide bonds. The summed E-state index contributed by atoms with van der Waals surface area (Å²) >= 11 is 7.82. The molecule has 19 heavy (non-hydrogen) atoms. The number of hydrogen-bond donors (Lipinski definition) is 2. The van der Waals surface area contributed by atoms with Crippen LogP contribution in [0.4, 0.5) is 11.4 Å². The summed E-state index contributed by atoms with van der Waals surface area (Å²) in [7, 11) is 0. The Bertz CT molecular complexity index is 437. The fourth-order valence-corrected chi connectivity index (χ4v) is 2.67. The number of benzene rings is 1. The van der Waals surface area contributed by atoms with Crippen LogP contribution in [0.1, 0.15) is 27.2 Å². The Morgan fingerprint density at radius 2 is 2.11 bits per heavy atom. The average Bonchev–Trinajstić information content (AvgIpc) is 2.32. The van der Waals surface area contributed by atoms with E-state index in [1.54, 1.807) is 18.2 Å². The van der Waals surface area contributed by atoms with Gasteiger partial charge in [0.25, 0.3) is 0 Å². The molecule has 1 rings (SSSR count). The molecule has 0 saturated heterocycles. The lowest BCUT2D eigenvalue weighted by atomic mass is 10.2. The topological polar surface area (TPSA) is 55.1 Å². The number of carbonyl (C=O) groups is 1. The minimum Gasteiger partial charge on any atom is -0.399 e. The highest BCUT2D eigenvalue weighted by atomic mass is 35.5. The van der Waals surface area contributed by atoms with Gasteiger partial charge in [0.15, 0.2) is 0 Å². The highest BCUT2D eigenvalue weighted by molar-refractivity contribution is 7.99. The van der Waals surface area contributed by atoms with Crippen LogP contribution in [0.5, 0.6) is 0 Å². The number of nitrogens with one attached hydrogen (secondary N) is 1. The van der Waals surface area contributed by atoms with Crippen LogP contribution in [0, 0.1) is 5.92 Å². The first kappa shape index (κ1) is 16.2. The third kappa shape index (κ3) is 5.74. The van der Waals surface area contributed by atoms with Crippen LogP contribution in [-0.2, 0) is 4.79 Å². The van der Waals surface area contributed by atoms with Crippen molar-refractivity contribution in [2.24, 2.45) is 5.92 Å². The zero-order valence-electron chi connectivity index (χ0n) is 11.6. The third-order valence-corrected chi connectivity index (χ3v) is 4.74. The monoisotopic (exact) mass is 300 g/mol. The van der Waals surface area contributed by atoms with Gasteiger partial charge in [0.05, 0.1) is 10.7 Å². The van der Waals surface area contributed by atoms with Gasteiger partial charge in [0.2, 0.25) is 5.91 Å². The Hall–Kier alpha value is -0.870. The lowest BCUT2D eigenvalue weighted by Gasteiger charge is -2.14. The van der Waals surface area contributed by atoms with Gasteiger partial charge in [-0.05, 0) is 24.1 Å². The van der Waals surface area contributed by atoms with Gasteiger partial charge < -0.3 is 11.1 Å². The molecule has 1 unspecified atom stereocenters. The van der Waals surface area contributed by atoms with Crippen molar-refractivity contribution in [3.05, 3.63) is 23.2 Å². The van der Waals surface area contributed by atoms with E-state index in [0.29, 0.717) is 34.0 Å². The van der Waals surface area contributed by atoms with E-state index in [4.69, 9.17) is 17.3 Å². The van der Waals surface area contributed by atoms with Gasteiger partial charge in [0, 0.05) is 23.1 Å². The van der Waals surface area contributed by atoms with Crippen molar-refractivity contribution in [2.45, 2.75) is 32.4 Å². The molecule has 0 bridgehead atoms. The minimum atomic E-state index is -0.0184. The van der Waals surface area contributed by atoms with Crippen molar-refractivity contribution in [1.82, 2.24) is 0 Å². The lowest BCUT2D eigenvalue weighted by Crippen LogP contribution is -2.14. The summed E-state index contributed by atoms with van der Waals surface area (Å²) in [4.78, 5) is 11.8. The second-order valence-corrected chi connectivity index (χ2v) is 6.75. The summed E-state index contributed by atoms with van der Waals surface area (Å²) < 4.78 is 0. The smallest absolute Gasteiger partial charge is 0.225 e. The molecule has 5 heteroatoms. The van der Waals surface area contributed by atoms with Crippen LogP contribution >= 0.6 is 23.4 Å². The second-order valence-electron chi connectivity index (χ2n) is 4.86. The minimum absolute atomic E-state index is 0.0184. The Morgan fingerprint density at radius 3 is 2.68 bits per heavy atom. The Morgan fingerprint density at radius 1 is 1.42 bits per heavy atom. The van der Waals surface area contributed by atoms with Gasteiger partial charge in [-0.15, -0.1) is 0 Å². The number of halogens is 1. The molecule has 0 saturated carbocycles. The fourth-order valence-electron chi connectivity index (χ4n) is 1.38. The molecule has 1 aromatic rings. The van der Waals surface area contributed by atoms with E-state index < -0.39 is 0 Å². The molecule has 1 atom stereocenters. The van der Waals surface area contributed by atoms with Gasteiger partial charge in [-0.1, -0.05) is 32.4 Å². The average molecular weight is 301 g/mol. The molecular formula is C14H21ClN2OS. The highest BCUT2D eigenvalue weighted by Gasteiger charge is 2.10. The lowest BCUT2D eigenvalue weighted by molar-refractivity contribution is -0.115. The number of nitrogen functional groups attached to an aromatic ring is 1. The molecule has 106 valence electrons. The number of thioether (sulfide) groups is 1. The highest BCUT2D eigenvalue weighted by Crippen LogP contribution is 2.24. The zero-order chi connectivity index (χ0) is 14.4. The van der Waals surface area contributed by atoms with Crippen LogP contribution < -0.4 is 11.1 Å². The summed E-state index contributed by atoms with van der Waals surface area (Å²) in [6, 6.07) is 5.07. The second kappa shape index (κ2) is 7.65. The maximum absolute atomic E-state index is 11.8. The maximum Gasteiger partial charge on any atom is 0.225 e. The predicted octanol–water partition coefficient (Wildman–Crippen LogP) is 4.03. The Labute approximate surface area is 124 Å². The van der Waals surface area contributed by atoms with E-state index in [9.17, 15) is 4.79 Å². The normalized spacial score (nSPS) is 12.5. The van der Waals surface area contributed by atoms with E-state index >= 15 is 0 Å². The number of anilines is 2. The molecule has 0 spiro atoms. The summed E-state index contributed by atoms with van der Waals surface area (Å²) in [5, 5.41) is 3.83. The Balaban J connectivity index is 2.39. The first-order valence-electron chi connectivity index (χ1n) is 6.36. The standard InChI is InChI=1S/C14H21ClN2OS/c1-9(2)10(3)19-7-6-14(18)17-13-5-4-11(16)8-12(13)15/h4-5,8-10H,6-7,16H2,1-3H3,(H,17,18). The van der Waals surface area contributed by atoms with Gasteiger partial charge in [-0.25, -0.2) is 0 Å². The van der Waals surface area contributed by atoms with Crippen molar-refractivity contribution in [2.75, 3.05) is 16.8 Å². The van der Waals surface area contributed by atoms with Crippen molar-refractivity contribution >= 4 is 40.6 Å². The van der Waals surface area contributed by atoms with E-state index in [0.717, 1.165) is 5.75 Å². The van der Waals surface area contributed by atoms with Gasteiger partial charge in [0.1, 0.15) is 0 Å². The van der Waals surface area contributed by atoms with Crippen molar-refractivity contribution < 1.29 is 4.79 Å². The zero-order valence-corrected chi connectivity index (χ0v) is 13.1. The quantitative estimate of drug-likeness (QED) is 0.780. The molecule has 3 nitrogen and oxygen atoms in total. The van der Waals surface area contributed by atoms with Crippen LogP contribution in [0.15, 0.2) is 18.2 Å². The van der Waals surface area contributed by atoms with Crippen LogP contribution in [0.3, 0.4) is 0 Å². The van der Waals surface area contributed by atoms with E-state index in [-0.39, 0.29) is 5.91 Å². The number of amides is 1. The Kier molecular flexibility index (Phi) is 6.52. The summed E-state index contributed by atoms with van der Waals surface area (Å²) in [5.74, 6) is 1.42. The number of rotatable bonds is 6. The molecule has 3 N–H and O–H groups in total. The molecule has 0 fully saturated rings. The maximum atomic E-state index is 11.8. The van der Waals surface area contributed by atoms with Crippen molar-refractivity contribution in [3.8, 4) is 0 Å². The van der Waals surface area contributed by atoms with Crippen LogP contribution in [-0.4, -0.2) is 16.9 Å².